The van der Waals surface area contributed by atoms with Gasteiger partial charge in [-0.1, -0.05) is 24.0 Å². The number of ether oxygens (including phenoxy) is 2. The number of methoxy groups -OCH3 is 1. The van der Waals surface area contributed by atoms with Gasteiger partial charge < -0.3 is 15.2 Å². The van der Waals surface area contributed by atoms with Gasteiger partial charge in [0.15, 0.2) is 0 Å². The number of rotatable bonds is 4. The summed E-state index contributed by atoms with van der Waals surface area (Å²) in [6.45, 7) is 2.81. The molecule has 0 aliphatic rings. The van der Waals surface area contributed by atoms with E-state index in [-0.39, 0.29) is 6.10 Å². The van der Waals surface area contributed by atoms with Gasteiger partial charge in [-0.25, -0.2) is 0 Å². The molecule has 1 aromatic carbocycles. The van der Waals surface area contributed by atoms with Crippen LogP contribution in [0.25, 0.3) is 0 Å². The first-order chi connectivity index (χ1) is 7.77. The molecule has 0 heterocycles. The van der Waals surface area contributed by atoms with Crippen LogP contribution >= 0.6 is 0 Å². The molecule has 16 heavy (non-hydrogen) atoms. The summed E-state index contributed by atoms with van der Waals surface area (Å²) < 4.78 is 10.7. The topological polar surface area (TPSA) is 44.5 Å². The molecule has 0 spiro atoms. The molecule has 86 valence electrons. The van der Waals surface area contributed by atoms with Crippen LogP contribution in [0.15, 0.2) is 24.3 Å². The van der Waals surface area contributed by atoms with Crippen molar-refractivity contribution in [1.29, 1.82) is 0 Å². The molecule has 0 aliphatic heterocycles. The Hall–Kier alpha value is -1.50. The minimum Gasteiger partial charge on any atom is -0.490 e. The van der Waals surface area contributed by atoms with Crippen molar-refractivity contribution in [2.45, 2.75) is 13.0 Å². The molecule has 2 N–H and O–H groups in total. The zero-order valence-corrected chi connectivity index (χ0v) is 9.69. The maximum absolute atomic E-state index is 5.62. The SMILES string of the molecule is COC(C)COc1ccccc1C#CCN. The van der Waals surface area contributed by atoms with Crippen molar-refractivity contribution >= 4 is 0 Å². The molecule has 1 aromatic rings. The fourth-order valence-corrected chi connectivity index (χ4v) is 1.12. The summed E-state index contributed by atoms with van der Waals surface area (Å²) in [6.07, 6.45) is 0.0653. The predicted octanol–water partition coefficient (Wildman–Crippen LogP) is 1.41. The van der Waals surface area contributed by atoms with Gasteiger partial charge in [0.25, 0.3) is 0 Å². The van der Waals surface area contributed by atoms with Crippen LogP contribution in [-0.4, -0.2) is 26.4 Å². The fourth-order valence-electron chi connectivity index (χ4n) is 1.12. The van der Waals surface area contributed by atoms with E-state index >= 15 is 0 Å². The average Bonchev–Trinajstić information content (AvgIpc) is 2.34. The molecule has 1 unspecified atom stereocenters. The molecule has 0 amide bonds. The number of para-hydroxylation sites is 1. The Morgan fingerprint density at radius 2 is 2.12 bits per heavy atom. The summed E-state index contributed by atoms with van der Waals surface area (Å²) >= 11 is 0. The zero-order valence-electron chi connectivity index (χ0n) is 9.69. The molecule has 1 atom stereocenters. The summed E-state index contributed by atoms with van der Waals surface area (Å²) in [5.74, 6) is 6.56. The second kappa shape index (κ2) is 6.89. The lowest BCUT2D eigenvalue weighted by Gasteiger charge is -2.12. The third-order valence-electron chi connectivity index (χ3n) is 2.09. The van der Waals surface area contributed by atoms with E-state index in [1.54, 1.807) is 7.11 Å². The quantitative estimate of drug-likeness (QED) is 0.779. The van der Waals surface area contributed by atoms with Gasteiger partial charge in [-0.05, 0) is 19.1 Å². The minimum atomic E-state index is 0.0653. The van der Waals surface area contributed by atoms with E-state index in [2.05, 4.69) is 11.8 Å². The van der Waals surface area contributed by atoms with Gasteiger partial charge in [0.1, 0.15) is 12.4 Å². The Kier molecular flexibility index (Phi) is 5.41. The molecule has 0 aliphatic carbocycles. The predicted molar refractivity (Wildman–Crippen MR) is 64.3 cm³/mol. The molecule has 0 aromatic heterocycles. The van der Waals surface area contributed by atoms with Crippen molar-refractivity contribution in [2.75, 3.05) is 20.3 Å². The van der Waals surface area contributed by atoms with Crippen LogP contribution in [0.4, 0.5) is 0 Å². The number of hydrogen-bond acceptors (Lipinski definition) is 3. The van der Waals surface area contributed by atoms with Crippen LogP contribution in [0.5, 0.6) is 5.75 Å². The van der Waals surface area contributed by atoms with E-state index in [9.17, 15) is 0 Å². The Balaban J connectivity index is 2.71. The highest BCUT2D eigenvalue weighted by molar-refractivity contribution is 5.45. The van der Waals surface area contributed by atoms with Crippen LogP contribution < -0.4 is 10.5 Å². The highest BCUT2D eigenvalue weighted by atomic mass is 16.5. The lowest BCUT2D eigenvalue weighted by atomic mass is 10.2. The molecule has 1 rings (SSSR count). The number of benzene rings is 1. The van der Waals surface area contributed by atoms with Gasteiger partial charge in [-0.15, -0.1) is 0 Å². The third kappa shape index (κ3) is 3.93. The van der Waals surface area contributed by atoms with E-state index < -0.39 is 0 Å². The van der Waals surface area contributed by atoms with E-state index in [0.29, 0.717) is 13.2 Å². The van der Waals surface area contributed by atoms with Crippen molar-refractivity contribution in [3.05, 3.63) is 29.8 Å². The standard InChI is InChI=1S/C13H17NO2/c1-11(15-2)10-16-13-8-4-3-6-12(13)7-5-9-14/h3-4,6,8,11H,9-10,14H2,1-2H3. The fraction of sp³-hybridized carbons (Fsp3) is 0.385. The molecule has 0 saturated carbocycles. The summed E-state index contributed by atoms with van der Waals surface area (Å²) in [5.41, 5.74) is 6.19. The smallest absolute Gasteiger partial charge is 0.135 e. The van der Waals surface area contributed by atoms with Crippen molar-refractivity contribution in [3.8, 4) is 17.6 Å². The van der Waals surface area contributed by atoms with Crippen LogP contribution in [0.3, 0.4) is 0 Å². The molecule has 0 radical (unpaired) electrons. The van der Waals surface area contributed by atoms with E-state index in [0.717, 1.165) is 11.3 Å². The largest absolute Gasteiger partial charge is 0.490 e. The summed E-state index contributed by atoms with van der Waals surface area (Å²) in [6, 6.07) is 7.64. The molecule has 0 fully saturated rings. The lowest BCUT2D eigenvalue weighted by molar-refractivity contribution is 0.0716. The van der Waals surface area contributed by atoms with Crippen molar-refractivity contribution in [1.82, 2.24) is 0 Å². The van der Waals surface area contributed by atoms with Crippen LogP contribution in [0.1, 0.15) is 12.5 Å². The highest BCUT2D eigenvalue weighted by Crippen LogP contribution is 2.16. The molecule has 0 bridgehead atoms. The maximum Gasteiger partial charge on any atom is 0.135 e. The van der Waals surface area contributed by atoms with Crippen LogP contribution in [0, 0.1) is 11.8 Å². The van der Waals surface area contributed by atoms with E-state index in [4.69, 9.17) is 15.2 Å². The second-order valence-electron chi connectivity index (χ2n) is 3.36. The van der Waals surface area contributed by atoms with Crippen LogP contribution in [-0.2, 0) is 4.74 Å². The second-order valence-corrected chi connectivity index (χ2v) is 3.36. The molecular formula is C13H17NO2. The minimum absolute atomic E-state index is 0.0653. The maximum atomic E-state index is 5.62. The zero-order chi connectivity index (χ0) is 11.8. The van der Waals surface area contributed by atoms with Gasteiger partial charge in [0.05, 0.1) is 18.2 Å². The van der Waals surface area contributed by atoms with Gasteiger partial charge in [-0.3, -0.25) is 0 Å². The summed E-state index contributed by atoms with van der Waals surface area (Å²) in [4.78, 5) is 0. The van der Waals surface area contributed by atoms with Crippen molar-refractivity contribution in [3.63, 3.8) is 0 Å². The Morgan fingerprint density at radius 1 is 1.38 bits per heavy atom. The Labute approximate surface area is 96.6 Å². The van der Waals surface area contributed by atoms with E-state index in [1.165, 1.54) is 0 Å². The first-order valence-corrected chi connectivity index (χ1v) is 5.21. The monoisotopic (exact) mass is 219 g/mol. The Morgan fingerprint density at radius 3 is 2.81 bits per heavy atom. The molecule has 0 saturated heterocycles. The number of hydrogen-bond donors (Lipinski definition) is 1. The van der Waals surface area contributed by atoms with Crippen LogP contribution in [0.2, 0.25) is 0 Å². The van der Waals surface area contributed by atoms with Gasteiger partial charge in [0.2, 0.25) is 0 Å². The van der Waals surface area contributed by atoms with Gasteiger partial charge in [0, 0.05) is 7.11 Å². The number of nitrogens with two attached hydrogens (primary N) is 1. The van der Waals surface area contributed by atoms with Gasteiger partial charge in [-0.2, -0.15) is 0 Å². The lowest BCUT2D eigenvalue weighted by Crippen LogP contribution is -2.16. The summed E-state index contributed by atoms with van der Waals surface area (Å²) in [7, 11) is 1.66. The molecular weight excluding hydrogens is 202 g/mol. The third-order valence-corrected chi connectivity index (χ3v) is 2.09. The first-order valence-electron chi connectivity index (χ1n) is 5.21. The first kappa shape index (κ1) is 12.6. The Bertz CT molecular complexity index is 379. The van der Waals surface area contributed by atoms with Gasteiger partial charge >= 0.3 is 0 Å². The van der Waals surface area contributed by atoms with Crippen molar-refractivity contribution in [2.24, 2.45) is 5.73 Å². The average molecular weight is 219 g/mol. The molecule has 3 nitrogen and oxygen atoms in total. The molecule has 3 heteroatoms. The highest BCUT2D eigenvalue weighted by Gasteiger charge is 2.03. The summed E-state index contributed by atoms with van der Waals surface area (Å²) in [5, 5.41) is 0. The normalized spacial score (nSPS) is 11.4. The van der Waals surface area contributed by atoms with Crippen molar-refractivity contribution < 1.29 is 9.47 Å². The van der Waals surface area contributed by atoms with E-state index in [1.807, 2.05) is 31.2 Å².